The van der Waals surface area contributed by atoms with E-state index in [1.165, 1.54) is 37.3 Å². The van der Waals surface area contributed by atoms with E-state index < -0.39 is 48.2 Å². The highest BCUT2D eigenvalue weighted by molar-refractivity contribution is 6.27. The first-order chi connectivity index (χ1) is 18.5. The van der Waals surface area contributed by atoms with Crippen LogP contribution in [0, 0.1) is 17.6 Å². The van der Waals surface area contributed by atoms with Crippen molar-refractivity contribution in [2.45, 2.75) is 19.3 Å². The Hall–Kier alpha value is -4.55. The molecule has 1 saturated heterocycles. The number of alkyl halides is 2. The first kappa shape index (κ1) is 24.8. The van der Waals surface area contributed by atoms with Crippen LogP contribution >= 0.6 is 0 Å². The minimum absolute atomic E-state index is 0.0286. The van der Waals surface area contributed by atoms with Gasteiger partial charge in [0.2, 0.25) is 0 Å². The van der Waals surface area contributed by atoms with E-state index in [0.717, 1.165) is 6.07 Å². The van der Waals surface area contributed by atoms with E-state index in [4.69, 9.17) is 0 Å². The molecule has 1 fully saturated rings. The average molecular weight is 540 g/mol. The van der Waals surface area contributed by atoms with Crippen LogP contribution in [0.4, 0.5) is 34.8 Å². The van der Waals surface area contributed by atoms with Crippen molar-refractivity contribution < 1.29 is 32.3 Å². The minimum Gasteiger partial charge on any atom is -0.480 e. The number of benzene rings is 1. The third kappa shape index (κ3) is 3.71. The van der Waals surface area contributed by atoms with Crippen molar-refractivity contribution in [3.63, 3.8) is 0 Å². The van der Waals surface area contributed by atoms with Crippen molar-refractivity contribution in [1.29, 1.82) is 0 Å². The lowest BCUT2D eigenvalue weighted by atomic mass is 9.90. The third-order valence-electron chi connectivity index (χ3n) is 7.17. The first-order valence-electron chi connectivity index (χ1n) is 12.0. The van der Waals surface area contributed by atoms with Gasteiger partial charge >= 0.3 is 5.97 Å². The number of ketones is 1. The highest BCUT2D eigenvalue weighted by Crippen LogP contribution is 2.46. The number of hydrogen-bond donors (Lipinski definition) is 3. The van der Waals surface area contributed by atoms with Gasteiger partial charge in [-0.1, -0.05) is 0 Å². The Morgan fingerprint density at radius 1 is 1.18 bits per heavy atom. The molecule has 1 atom stereocenters. The molecule has 13 heteroatoms. The first-order valence-corrected chi connectivity index (χ1v) is 12.0. The van der Waals surface area contributed by atoms with E-state index in [1.807, 2.05) is 0 Å². The van der Waals surface area contributed by atoms with Crippen LogP contribution in [0.5, 0.6) is 0 Å². The molecule has 0 bridgehead atoms. The molecule has 3 N–H and O–H groups in total. The van der Waals surface area contributed by atoms with Gasteiger partial charge in [0.15, 0.2) is 29.2 Å². The number of carboxylic acids is 1. The lowest BCUT2D eigenvalue weighted by Crippen LogP contribution is -2.33. The van der Waals surface area contributed by atoms with Gasteiger partial charge in [0.05, 0.1) is 39.8 Å². The molecule has 0 spiro atoms. The molecule has 0 saturated carbocycles. The zero-order chi connectivity index (χ0) is 27.8. The standard InChI is InChI=1S/C26H20F4N6O3/c1-10-16(25(38)39)22(37)12-5-11(7-32-23(12)34-10)13-8-33-24-18(21(13)36-4-3-26(29,30)9-36)17-19(28)14(27)6-15(31-2)20(17)35-24/h5-8,16,31H,3-4,9H2,1-2H3,(H,33,35)(H,38,39). The molecular formula is C26H20F4N6O3. The van der Waals surface area contributed by atoms with Crippen LogP contribution < -0.4 is 10.2 Å². The number of aliphatic carboxylic acids is 1. The number of aliphatic imine (C=N–C) groups is 1. The number of Topliss-reactive ketones (excluding diaryl/α,β-unsaturated/α-hetero) is 1. The number of carbonyl (C=O) groups is 2. The molecule has 2 aliphatic heterocycles. The number of rotatable bonds is 4. The van der Waals surface area contributed by atoms with Crippen molar-refractivity contribution in [3.8, 4) is 11.1 Å². The normalized spacial score (nSPS) is 18.5. The topological polar surface area (TPSA) is 124 Å². The SMILES string of the molecule is CNc1cc(F)c(F)c2c1[nH]c1ncc(-c3cnc4c(c3)C(=O)C(C(=O)O)C(C)=N4)c(N3CCC(F)(F)C3)c12. The van der Waals surface area contributed by atoms with Crippen molar-refractivity contribution in [2.75, 3.05) is 30.4 Å². The molecule has 2 aliphatic rings. The maximum atomic E-state index is 15.3. The number of pyridine rings is 2. The molecule has 1 aromatic carbocycles. The van der Waals surface area contributed by atoms with E-state index >= 15 is 4.39 Å². The Kier molecular flexibility index (Phi) is 5.39. The quantitative estimate of drug-likeness (QED) is 0.248. The van der Waals surface area contributed by atoms with Gasteiger partial charge in [-0.2, -0.15) is 0 Å². The maximum absolute atomic E-state index is 15.3. The number of H-pyrrole nitrogens is 1. The fourth-order valence-corrected chi connectivity index (χ4v) is 5.35. The fraction of sp³-hybridized carbons (Fsp3) is 0.269. The second-order valence-electron chi connectivity index (χ2n) is 9.60. The summed E-state index contributed by atoms with van der Waals surface area (Å²) >= 11 is 0. The Balaban J connectivity index is 1.66. The van der Waals surface area contributed by atoms with E-state index in [-0.39, 0.29) is 68.1 Å². The lowest BCUT2D eigenvalue weighted by Gasteiger charge is -2.24. The summed E-state index contributed by atoms with van der Waals surface area (Å²) in [5.41, 5.74) is 1.27. The largest absolute Gasteiger partial charge is 0.480 e. The van der Waals surface area contributed by atoms with Crippen molar-refractivity contribution in [3.05, 3.63) is 41.7 Å². The Bertz CT molecular complexity index is 1770. The summed E-state index contributed by atoms with van der Waals surface area (Å²) in [6.45, 7) is 0.662. The number of nitrogens with zero attached hydrogens (tertiary/aromatic N) is 4. The van der Waals surface area contributed by atoms with Crippen molar-refractivity contribution in [1.82, 2.24) is 15.0 Å². The van der Waals surface area contributed by atoms with Crippen LogP contribution in [-0.2, 0) is 4.79 Å². The summed E-state index contributed by atoms with van der Waals surface area (Å²) in [6.07, 6.45) is 2.28. The predicted molar refractivity (Wildman–Crippen MR) is 136 cm³/mol. The Labute approximate surface area is 217 Å². The van der Waals surface area contributed by atoms with E-state index in [9.17, 15) is 27.9 Å². The number of halogens is 4. The van der Waals surface area contributed by atoms with Crippen LogP contribution in [0.25, 0.3) is 33.1 Å². The number of aromatic amines is 1. The fourth-order valence-electron chi connectivity index (χ4n) is 5.35. The molecule has 0 aliphatic carbocycles. The molecule has 1 unspecified atom stereocenters. The number of hydrogen-bond acceptors (Lipinski definition) is 7. The Morgan fingerprint density at radius 3 is 2.62 bits per heavy atom. The maximum Gasteiger partial charge on any atom is 0.320 e. The van der Waals surface area contributed by atoms with Crippen LogP contribution in [0.1, 0.15) is 23.7 Å². The van der Waals surface area contributed by atoms with Crippen molar-refractivity contribution >= 4 is 56.6 Å². The van der Waals surface area contributed by atoms with Crippen LogP contribution in [0.15, 0.2) is 29.5 Å². The number of aromatic nitrogens is 3. The molecular weight excluding hydrogens is 520 g/mol. The highest BCUT2D eigenvalue weighted by Gasteiger charge is 2.41. The molecule has 6 rings (SSSR count). The smallest absolute Gasteiger partial charge is 0.320 e. The highest BCUT2D eigenvalue weighted by atomic mass is 19.3. The molecule has 4 aromatic rings. The summed E-state index contributed by atoms with van der Waals surface area (Å²) in [6, 6.07) is 2.36. The summed E-state index contributed by atoms with van der Waals surface area (Å²) in [4.78, 5) is 41.8. The lowest BCUT2D eigenvalue weighted by molar-refractivity contribution is -0.138. The van der Waals surface area contributed by atoms with Gasteiger partial charge in [-0.3, -0.25) is 9.59 Å². The number of carbonyl (C=O) groups excluding carboxylic acids is 1. The van der Waals surface area contributed by atoms with E-state index in [1.54, 1.807) is 0 Å². The second-order valence-corrected chi connectivity index (χ2v) is 9.60. The zero-order valence-electron chi connectivity index (χ0n) is 20.6. The number of carboxylic acid groups (broad SMARTS) is 1. The second kappa shape index (κ2) is 8.48. The van der Waals surface area contributed by atoms with E-state index in [2.05, 4.69) is 25.3 Å². The molecule has 3 aromatic heterocycles. The van der Waals surface area contributed by atoms with Crippen LogP contribution in [0.3, 0.4) is 0 Å². The monoisotopic (exact) mass is 540 g/mol. The van der Waals surface area contributed by atoms with Crippen LogP contribution in [0.2, 0.25) is 0 Å². The van der Waals surface area contributed by atoms with Crippen LogP contribution in [-0.4, -0.2) is 63.6 Å². The summed E-state index contributed by atoms with van der Waals surface area (Å²) < 4.78 is 58.8. The third-order valence-corrected chi connectivity index (χ3v) is 7.17. The summed E-state index contributed by atoms with van der Waals surface area (Å²) in [5.74, 6) is -8.87. The molecule has 9 nitrogen and oxygen atoms in total. The van der Waals surface area contributed by atoms with Crippen molar-refractivity contribution in [2.24, 2.45) is 10.9 Å². The Morgan fingerprint density at radius 2 is 1.95 bits per heavy atom. The number of nitrogens with one attached hydrogen (secondary N) is 2. The zero-order valence-corrected chi connectivity index (χ0v) is 20.6. The van der Waals surface area contributed by atoms with Gasteiger partial charge in [0.25, 0.3) is 5.92 Å². The summed E-state index contributed by atoms with van der Waals surface area (Å²) in [7, 11) is 1.53. The summed E-state index contributed by atoms with van der Waals surface area (Å²) in [5, 5.41) is 12.3. The van der Waals surface area contributed by atoms with Gasteiger partial charge in [-0.25, -0.2) is 32.5 Å². The predicted octanol–water partition coefficient (Wildman–Crippen LogP) is 4.93. The van der Waals surface area contributed by atoms with Gasteiger partial charge in [-0.15, -0.1) is 0 Å². The van der Waals surface area contributed by atoms with E-state index in [0.29, 0.717) is 0 Å². The molecule has 0 radical (unpaired) electrons. The molecule has 0 amide bonds. The average Bonchev–Trinajstić information content (AvgIpc) is 3.45. The van der Waals surface area contributed by atoms with Gasteiger partial charge in [0, 0.05) is 55.3 Å². The molecule has 5 heterocycles. The molecule has 200 valence electrons. The number of anilines is 2. The minimum atomic E-state index is -3.02. The van der Waals surface area contributed by atoms with Gasteiger partial charge in [0.1, 0.15) is 5.65 Å². The molecule has 39 heavy (non-hydrogen) atoms. The van der Waals surface area contributed by atoms with Gasteiger partial charge < -0.3 is 20.3 Å². The van der Waals surface area contributed by atoms with Gasteiger partial charge in [-0.05, 0) is 13.0 Å². The number of fused-ring (bicyclic) bond motifs is 4.